The highest BCUT2D eigenvalue weighted by Crippen LogP contribution is 2.14. The van der Waals surface area contributed by atoms with Gasteiger partial charge in [0.25, 0.3) is 0 Å². The van der Waals surface area contributed by atoms with Crippen LogP contribution in [0, 0.1) is 12.3 Å². The van der Waals surface area contributed by atoms with Crippen LogP contribution >= 0.6 is 0 Å². The second-order valence-corrected chi connectivity index (χ2v) is 3.46. The minimum atomic E-state index is -0.212. The Kier molecular flexibility index (Phi) is 4.59. The smallest absolute Gasteiger partial charge is 0.135 e. The average Bonchev–Trinajstić information content (AvgIpc) is 2.27. The van der Waals surface area contributed by atoms with Crippen molar-refractivity contribution in [1.82, 2.24) is 0 Å². The summed E-state index contributed by atoms with van der Waals surface area (Å²) in [5.41, 5.74) is 6.89. The Bertz CT molecular complexity index is 351. The Labute approximate surface area is 90.5 Å². The molecule has 2 nitrogen and oxygen atoms in total. The third-order valence-corrected chi connectivity index (χ3v) is 2.22. The monoisotopic (exact) mass is 201 g/mol. The maximum atomic E-state index is 11.4. The number of nitrogens with two attached hydrogens (primary N) is 1. The number of hydrogen-bond donors (Lipinski definition) is 1. The van der Waals surface area contributed by atoms with Gasteiger partial charge < -0.3 is 5.73 Å². The number of ketones is 1. The Balaban J connectivity index is 2.46. The van der Waals surface area contributed by atoms with E-state index in [2.05, 4.69) is 5.92 Å². The van der Waals surface area contributed by atoms with Gasteiger partial charge in [-0.2, -0.15) is 0 Å². The number of hydrogen-bond acceptors (Lipinski definition) is 2. The molecule has 0 bridgehead atoms. The lowest BCUT2D eigenvalue weighted by Gasteiger charge is -2.10. The first-order chi connectivity index (χ1) is 7.24. The minimum absolute atomic E-state index is 0.129. The zero-order valence-electron chi connectivity index (χ0n) is 8.65. The number of benzene rings is 1. The number of rotatable bonds is 5. The first kappa shape index (κ1) is 11.5. The molecule has 0 radical (unpaired) electrons. The Hall–Kier alpha value is -1.59. The third kappa shape index (κ3) is 3.97. The molecular formula is C13H15NO. The number of terminal acetylenes is 1. The van der Waals surface area contributed by atoms with E-state index in [1.54, 1.807) is 0 Å². The van der Waals surface area contributed by atoms with Crippen LogP contribution in [-0.2, 0) is 4.79 Å². The van der Waals surface area contributed by atoms with Gasteiger partial charge in [0.1, 0.15) is 5.78 Å². The van der Waals surface area contributed by atoms with E-state index < -0.39 is 0 Å². The SMILES string of the molecule is C#CCCC(=O)CC(N)c1ccccc1. The van der Waals surface area contributed by atoms with E-state index in [9.17, 15) is 4.79 Å². The van der Waals surface area contributed by atoms with Crippen molar-refractivity contribution in [2.45, 2.75) is 25.3 Å². The highest BCUT2D eigenvalue weighted by molar-refractivity contribution is 5.79. The van der Waals surface area contributed by atoms with E-state index >= 15 is 0 Å². The van der Waals surface area contributed by atoms with Crippen molar-refractivity contribution >= 4 is 5.78 Å². The molecule has 2 N–H and O–H groups in total. The van der Waals surface area contributed by atoms with E-state index in [0.717, 1.165) is 5.56 Å². The van der Waals surface area contributed by atoms with Crippen LogP contribution in [0.5, 0.6) is 0 Å². The van der Waals surface area contributed by atoms with Crippen LogP contribution in [0.15, 0.2) is 30.3 Å². The maximum Gasteiger partial charge on any atom is 0.135 e. The molecule has 0 aromatic heterocycles. The van der Waals surface area contributed by atoms with Gasteiger partial charge in [-0.15, -0.1) is 12.3 Å². The summed E-state index contributed by atoms with van der Waals surface area (Å²) in [5.74, 6) is 2.58. The molecule has 0 amide bonds. The fraction of sp³-hybridized carbons (Fsp3) is 0.308. The van der Waals surface area contributed by atoms with Crippen molar-refractivity contribution in [1.29, 1.82) is 0 Å². The Morgan fingerprint density at radius 2 is 2.07 bits per heavy atom. The Morgan fingerprint density at radius 3 is 2.67 bits per heavy atom. The standard InChI is InChI=1S/C13H15NO/c1-2-3-9-12(15)10-13(14)11-7-5-4-6-8-11/h1,4-8,13H,3,9-10,14H2. The van der Waals surface area contributed by atoms with E-state index in [1.807, 2.05) is 30.3 Å². The molecule has 0 heterocycles. The van der Waals surface area contributed by atoms with E-state index in [0.29, 0.717) is 19.3 Å². The molecular weight excluding hydrogens is 186 g/mol. The normalized spacial score (nSPS) is 11.7. The molecule has 0 fully saturated rings. The number of carbonyl (C=O) groups is 1. The molecule has 0 aliphatic heterocycles. The number of Topliss-reactive ketones (excluding diaryl/α,β-unsaturated/α-hetero) is 1. The molecule has 2 heteroatoms. The lowest BCUT2D eigenvalue weighted by atomic mass is 10.0. The Morgan fingerprint density at radius 1 is 1.40 bits per heavy atom. The lowest BCUT2D eigenvalue weighted by Crippen LogP contribution is -2.15. The molecule has 0 saturated carbocycles. The molecule has 1 aromatic carbocycles. The van der Waals surface area contributed by atoms with Gasteiger partial charge in [0.05, 0.1) is 0 Å². The summed E-state index contributed by atoms with van der Waals surface area (Å²) in [7, 11) is 0. The van der Waals surface area contributed by atoms with Gasteiger partial charge >= 0.3 is 0 Å². The van der Waals surface area contributed by atoms with Crippen molar-refractivity contribution < 1.29 is 4.79 Å². The molecule has 1 atom stereocenters. The van der Waals surface area contributed by atoms with Crippen LogP contribution < -0.4 is 5.73 Å². The maximum absolute atomic E-state index is 11.4. The minimum Gasteiger partial charge on any atom is -0.324 e. The van der Waals surface area contributed by atoms with Gasteiger partial charge in [-0.25, -0.2) is 0 Å². The highest BCUT2D eigenvalue weighted by atomic mass is 16.1. The van der Waals surface area contributed by atoms with Crippen LogP contribution in [0.1, 0.15) is 30.9 Å². The summed E-state index contributed by atoms with van der Waals surface area (Å²) < 4.78 is 0. The van der Waals surface area contributed by atoms with Crippen LogP contribution in [0.4, 0.5) is 0 Å². The van der Waals surface area contributed by atoms with Gasteiger partial charge in [0.2, 0.25) is 0 Å². The summed E-state index contributed by atoms with van der Waals surface area (Å²) in [6, 6.07) is 9.41. The lowest BCUT2D eigenvalue weighted by molar-refractivity contribution is -0.119. The fourth-order valence-electron chi connectivity index (χ4n) is 1.38. The summed E-state index contributed by atoms with van der Waals surface area (Å²) in [6.45, 7) is 0. The summed E-state index contributed by atoms with van der Waals surface area (Å²) in [5, 5.41) is 0. The predicted octanol–water partition coefficient (Wildman–Crippen LogP) is 2.06. The molecule has 1 rings (SSSR count). The summed E-state index contributed by atoms with van der Waals surface area (Å²) >= 11 is 0. The second kappa shape index (κ2) is 6.00. The first-order valence-corrected chi connectivity index (χ1v) is 4.99. The number of carbonyl (C=O) groups excluding carboxylic acids is 1. The summed E-state index contributed by atoms with van der Waals surface area (Å²) in [6.07, 6.45) is 6.38. The average molecular weight is 201 g/mol. The molecule has 0 aliphatic rings. The van der Waals surface area contributed by atoms with Crippen molar-refractivity contribution in [3.05, 3.63) is 35.9 Å². The zero-order valence-corrected chi connectivity index (χ0v) is 8.65. The topological polar surface area (TPSA) is 43.1 Å². The van der Waals surface area contributed by atoms with E-state index in [-0.39, 0.29) is 11.8 Å². The zero-order chi connectivity index (χ0) is 11.1. The van der Waals surface area contributed by atoms with Gasteiger partial charge in [-0.05, 0) is 5.56 Å². The largest absolute Gasteiger partial charge is 0.324 e. The van der Waals surface area contributed by atoms with Crippen molar-refractivity contribution in [3.63, 3.8) is 0 Å². The van der Waals surface area contributed by atoms with Gasteiger partial charge in [0, 0.05) is 25.3 Å². The molecule has 78 valence electrons. The molecule has 1 aromatic rings. The van der Waals surface area contributed by atoms with Gasteiger partial charge in [0.15, 0.2) is 0 Å². The first-order valence-electron chi connectivity index (χ1n) is 4.99. The van der Waals surface area contributed by atoms with Crippen molar-refractivity contribution in [2.24, 2.45) is 5.73 Å². The van der Waals surface area contributed by atoms with Crippen molar-refractivity contribution in [2.75, 3.05) is 0 Å². The molecule has 1 unspecified atom stereocenters. The second-order valence-electron chi connectivity index (χ2n) is 3.46. The predicted molar refractivity (Wildman–Crippen MR) is 61.1 cm³/mol. The highest BCUT2D eigenvalue weighted by Gasteiger charge is 2.10. The third-order valence-electron chi connectivity index (χ3n) is 2.22. The van der Waals surface area contributed by atoms with Crippen LogP contribution in [0.3, 0.4) is 0 Å². The van der Waals surface area contributed by atoms with Gasteiger partial charge in [-0.3, -0.25) is 4.79 Å². The quantitative estimate of drug-likeness (QED) is 0.741. The van der Waals surface area contributed by atoms with Crippen LogP contribution in [0.2, 0.25) is 0 Å². The van der Waals surface area contributed by atoms with Gasteiger partial charge in [-0.1, -0.05) is 30.3 Å². The summed E-state index contributed by atoms with van der Waals surface area (Å²) in [4.78, 5) is 11.4. The van der Waals surface area contributed by atoms with Crippen LogP contribution in [0.25, 0.3) is 0 Å². The molecule has 0 aliphatic carbocycles. The van der Waals surface area contributed by atoms with E-state index in [4.69, 9.17) is 12.2 Å². The fourth-order valence-corrected chi connectivity index (χ4v) is 1.38. The van der Waals surface area contributed by atoms with E-state index in [1.165, 1.54) is 0 Å². The molecule has 15 heavy (non-hydrogen) atoms. The molecule has 0 saturated heterocycles. The van der Waals surface area contributed by atoms with Crippen molar-refractivity contribution in [3.8, 4) is 12.3 Å². The van der Waals surface area contributed by atoms with Crippen LogP contribution in [-0.4, -0.2) is 5.78 Å². The molecule has 0 spiro atoms.